The number of aliphatic imine (C=N–C) groups is 1. The number of hydrogen-bond donors (Lipinski definition) is 4. The molecule has 1 aliphatic rings. The van der Waals surface area contributed by atoms with Crippen molar-refractivity contribution in [3.8, 4) is 0 Å². The molecule has 4 N–H and O–H groups in total. The minimum absolute atomic E-state index is 0.0762. The molecule has 0 aliphatic heterocycles. The lowest BCUT2D eigenvalue weighted by Crippen LogP contribution is -2.40. The van der Waals surface area contributed by atoms with Crippen LogP contribution in [0.25, 0.3) is 0 Å². The number of rotatable bonds is 10. The lowest BCUT2D eigenvalue weighted by molar-refractivity contribution is 0.0000600. The third kappa shape index (κ3) is 6.86. The lowest BCUT2D eigenvalue weighted by atomic mass is 10.1. The van der Waals surface area contributed by atoms with Gasteiger partial charge in [0.2, 0.25) is 6.79 Å². The summed E-state index contributed by atoms with van der Waals surface area (Å²) in [5.74, 6) is -1.47. The minimum atomic E-state index is -1.01. The largest absolute Gasteiger partial charge is 0.424 e. The molecule has 3 amide bonds. The summed E-state index contributed by atoms with van der Waals surface area (Å²) >= 11 is 0. The summed E-state index contributed by atoms with van der Waals surface area (Å²) < 4.78 is 10.4. The quantitative estimate of drug-likeness (QED) is 0.124. The molecule has 2 aromatic heterocycles. The van der Waals surface area contributed by atoms with Gasteiger partial charge in [-0.1, -0.05) is 6.07 Å². The van der Waals surface area contributed by atoms with Crippen LogP contribution in [0.2, 0.25) is 0 Å². The van der Waals surface area contributed by atoms with Gasteiger partial charge in [0.15, 0.2) is 5.84 Å². The highest BCUT2D eigenvalue weighted by molar-refractivity contribution is 6.24. The highest BCUT2D eigenvalue weighted by atomic mass is 16.7. The minimum Gasteiger partial charge on any atom is -0.424 e. The van der Waals surface area contributed by atoms with Crippen LogP contribution in [-0.2, 0) is 9.47 Å². The van der Waals surface area contributed by atoms with E-state index in [0.717, 1.165) is 24.1 Å². The van der Waals surface area contributed by atoms with E-state index >= 15 is 0 Å². The first kappa shape index (κ1) is 29.6. The molecule has 4 rings (SSSR count). The lowest BCUT2D eigenvalue weighted by Gasteiger charge is -2.25. The Labute approximate surface area is 241 Å². The van der Waals surface area contributed by atoms with Crippen LogP contribution in [0.1, 0.15) is 67.7 Å². The van der Waals surface area contributed by atoms with E-state index in [4.69, 9.17) is 14.9 Å². The average Bonchev–Trinajstić information content (AvgIpc) is 3.72. The van der Waals surface area contributed by atoms with E-state index in [1.54, 1.807) is 39.0 Å². The molecule has 0 unspecified atom stereocenters. The number of H-pyrrole nitrogens is 1. The molecule has 0 atom stereocenters. The van der Waals surface area contributed by atoms with Gasteiger partial charge in [-0.2, -0.15) is 0 Å². The number of esters is 1. The number of amidine groups is 1. The Kier molecular flexibility index (Phi) is 9.42. The van der Waals surface area contributed by atoms with Crippen LogP contribution in [0.4, 0.5) is 10.5 Å². The van der Waals surface area contributed by atoms with E-state index in [-0.39, 0.29) is 46.2 Å². The van der Waals surface area contributed by atoms with E-state index in [1.165, 1.54) is 30.7 Å². The number of aromatic nitrogens is 2. The Bertz CT molecular complexity index is 1530. The summed E-state index contributed by atoms with van der Waals surface area (Å²) in [6, 6.07) is 7.94. The number of benzene rings is 1. The zero-order chi connectivity index (χ0) is 30.2. The first-order valence-electron chi connectivity index (χ1n) is 13.2. The number of pyridine rings is 1. The van der Waals surface area contributed by atoms with Crippen LogP contribution in [0.5, 0.6) is 0 Å². The number of ether oxygens (including phenoxy) is 2. The third-order valence-corrected chi connectivity index (χ3v) is 6.42. The number of carbonyl (C=O) groups is 4. The SMILES string of the molecule is CCNC(=O)c1ccc(C)c(N(C(=O)OCOC(=O)c2cccnc2)C(=NC=N)c2[nH]cc(C(=O)NC3CC3)c2C)c1. The number of aromatic amines is 1. The van der Waals surface area contributed by atoms with Crippen LogP contribution < -0.4 is 15.5 Å². The standard InChI is InChI=1S/C29H31N7O6/c1-4-32-26(37)19-8-7-17(2)23(12-19)36(29(40)42-16-41-28(39)20-6-5-11-31-13-20)25(34-15-30)24-18(3)22(14-33-24)27(38)35-21-9-10-21/h5-8,11-15,21,30,33H,4,9-10,16H2,1-3H3,(H,32,37)(H,35,38). The summed E-state index contributed by atoms with van der Waals surface area (Å²) in [5.41, 5.74) is 2.32. The summed E-state index contributed by atoms with van der Waals surface area (Å²) in [4.78, 5) is 63.5. The van der Waals surface area contributed by atoms with Crippen molar-refractivity contribution in [2.45, 2.75) is 39.7 Å². The molecule has 0 bridgehead atoms. The normalized spacial score (nSPS) is 12.7. The number of amides is 3. The summed E-state index contributed by atoms with van der Waals surface area (Å²) in [5, 5.41) is 13.4. The van der Waals surface area contributed by atoms with E-state index in [1.807, 2.05) is 0 Å². The van der Waals surface area contributed by atoms with Crippen molar-refractivity contribution >= 4 is 41.7 Å². The van der Waals surface area contributed by atoms with Crippen molar-refractivity contribution in [1.82, 2.24) is 20.6 Å². The maximum absolute atomic E-state index is 13.7. The van der Waals surface area contributed by atoms with E-state index in [9.17, 15) is 19.2 Å². The van der Waals surface area contributed by atoms with Crippen LogP contribution in [0.3, 0.4) is 0 Å². The first-order valence-corrected chi connectivity index (χ1v) is 13.2. The second-order valence-corrected chi connectivity index (χ2v) is 9.43. The number of carbonyl (C=O) groups excluding carboxylic acids is 4. The molecule has 1 saturated carbocycles. The van der Waals surface area contributed by atoms with Gasteiger partial charge in [0.25, 0.3) is 11.8 Å². The molecule has 1 aromatic carbocycles. The maximum Gasteiger partial charge on any atom is 0.423 e. The molecule has 13 heteroatoms. The fourth-order valence-corrected chi connectivity index (χ4v) is 4.07. The van der Waals surface area contributed by atoms with Crippen LogP contribution in [0.15, 0.2) is 53.9 Å². The summed E-state index contributed by atoms with van der Waals surface area (Å²) in [6.07, 6.45) is 5.86. The van der Waals surface area contributed by atoms with Gasteiger partial charge in [-0.3, -0.25) is 20.0 Å². The molecule has 13 nitrogen and oxygen atoms in total. The molecule has 218 valence electrons. The first-order chi connectivity index (χ1) is 20.2. The van der Waals surface area contributed by atoms with Crippen molar-refractivity contribution in [2.75, 3.05) is 18.2 Å². The van der Waals surface area contributed by atoms with Crippen molar-refractivity contribution < 1.29 is 28.7 Å². The Morgan fingerprint density at radius 3 is 2.60 bits per heavy atom. The van der Waals surface area contributed by atoms with Crippen molar-refractivity contribution in [1.29, 1.82) is 5.41 Å². The molecule has 1 fully saturated rings. The van der Waals surface area contributed by atoms with E-state index < -0.39 is 18.9 Å². The second-order valence-electron chi connectivity index (χ2n) is 9.43. The predicted molar refractivity (Wildman–Crippen MR) is 154 cm³/mol. The fourth-order valence-electron chi connectivity index (χ4n) is 4.07. The highest BCUT2D eigenvalue weighted by Crippen LogP contribution is 2.27. The van der Waals surface area contributed by atoms with E-state index in [0.29, 0.717) is 23.2 Å². The molecular weight excluding hydrogens is 542 g/mol. The smallest absolute Gasteiger partial charge is 0.423 e. The Hall–Kier alpha value is -5.33. The van der Waals surface area contributed by atoms with Gasteiger partial charge in [-0.25, -0.2) is 19.5 Å². The molecule has 0 spiro atoms. The monoisotopic (exact) mass is 573 g/mol. The van der Waals surface area contributed by atoms with Crippen molar-refractivity contribution in [3.63, 3.8) is 0 Å². The molecule has 1 aliphatic carbocycles. The number of hydrogen-bond acceptors (Lipinski definition) is 8. The summed E-state index contributed by atoms with van der Waals surface area (Å²) in [6.45, 7) is 4.84. The van der Waals surface area contributed by atoms with Gasteiger partial charge in [0.1, 0.15) is 6.34 Å². The molecular formula is C29H31N7O6. The molecule has 0 saturated heterocycles. The molecule has 42 heavy (non-hydrogen) atoms. The Morgan fingerprint density at radius 1 is 1.14 bits per heavy atom. The van der Waals surface area contributed by atoms with Gasteiger partial charge >= 0.3 is 12.1 Å². The van der Waals surface area contributed by atoms with Gasteiger partial charge in [0.05, 0.1) is 22.5 Å². The Balaban J connectivity index is 1.70. The second kappa shape index (κ2) is 13.4. The van der Waals surface area contributed by atoms with Crippen LogP contribution in [0, 0.1) is 19.3 Å². The fraction of sp³-hybridized carbons (Fsp3) is 0.276. The topological polar surface area (TPSA) is 179 Å². The zero-order valence-corrected chi connectivity index (χ0v) is 23.4. The van der Waals surface area contributed by atoms with Gasteiger partial charge < -0.3 is 25.1 Å². The zero-order valence-electron chi connectivity index (χ0n) is 23.4. The highest BCUT2D eigenvalue weighted by Gasteiger charge is 2.31. The number of nitrogens with one attached hydrogen (secondary N) is 4. The number of anilines is 1. The third-order valence-electron chi connectivity index (χ3n) is 6.42. The number of aryl methyl sites for hydroxylation is 1. The molecule has 0 radical (unpaired) electrons. The predicted octanol–water partition coefficient (Wildman–Crippen LogP) is 3.48. The summed E-state index contributed by atoms with van der Waals surface area (Å²) in [7, 11) is 0. The van der Waals surface area contributed by atoms with Crippen molar-refractivity contribution in [3.05, 3.63) is 82.4 Å². The van der Waals surface area contributed by atoms with Crippen LogP contribution >= 0.6 is 0 Å². The van der Waals surface area contributed by atoms with Crippen molar-refractivity contribution in [2.24, 2.45) is 4.99 Å². The van der Waals surface area contributed by atoms with E-state index in [2.05, 4.69) is 25.6 Å². The van der Waals surface area contributed by atoms with Gasteiger partial charge in [-0.15, -0.1) is 0 Å². The maximum atomic E-state index is 13.7. The Morgan fingerprint density at radius 2 is 1.93 bits per heavy atom. The van der Waals surface area contributed by atoms with Gasteiger partial charge in [0, 0.05) is 36.7 Å². The molecule has 3 aromatic rings. The van der Waals surface area contributed by atoms with Crippen LogP contribution in [-0.4, -0.2) is 65.4 Å². The average molecular weight is 574 g/mol. The molecule has 2 heterocycles. The van der Waals surface area contributed by atoms with Gasteiger partial charge in [-0.05, 0) is 69.0 Å². The number of nitrogens with zero attached hydrogens (tertiary/aromatic N) is 3.